The van der Waals surface area contributed by atoms with Gasteiger partial charge < -0.3 is 15.2 Å². The van der Waals surface area contributed by atoms with E-state index in [0.29, 0.717) is 19.2 Å². The number of ether oxygens (including phenoxy) is 1. The molecule has 3 unspecified atom stereocenters. The Kier molecular flexibility index (Phi) is 5.90. The van der Waals surface area contributed by atoms with Gasteiger partial charge in [-0.05, 0) is 39.5 Å². The van der Waals surface area contributed by atoms with Crippen molar-refractivity contribution in [1.29, 1.82) is 0 Å². The molecule has 3 heteroatoms. The van der Waals surface area contributed by atoms with E-state index in [2.05, 4.69) is 12.2 Å². The van der Waals surface area contributed by atoms with Crippen LogP contribution in [0.25, 0.3) is 0 Å². The van der Waals surface area contributed by atoms with Crippen molar-refractivity contribution in [3.05, 3.63) is 0 Å². The Morgan fingerprint density at radius 2 is 1.94 bits per heavy atom. The van der Waals surface area contributed by atoms with E-state index in [1.807, 2.05) is 20.8 Å². The summed E-state index contributed by atoms with van der Waals surface area (Å²) in [6.07, 6.45) is 4.83. The van der Waals surface area contributed by atoms with E-state index in [4.69, 9.17) is 4.74 Å². The second kappa shape index (κ2) is 6.72. The first-order chi connectivity index (χ1) is 7.88. The maximum atomic E-state index is 9.84. The minimum atomic E-state index is -0.400. The molecule has 0 aliphatic heterocycles. The monoisotopic (exact) mass is 243 g/mol. The van der Waals surface area contributed by atoms with Crippen molar-refractivity contribution in [1.82, 2.24) is 5.32 Å². The highest BCUT2D eigenvalue weighted by atomic mass is 16.5. The van der Waals surface area contributed by atoms with Gasteiger partial charge >= 0.3 is 0 Å². The van der Waals surface area contributed by atoms with Gasteiger partial charge in [-0.15, -0.1) is 0 Å². The number of aliphatic hydroxyl groups excluding tert-OH is 1. The Hall–Kier alpha value is -0.120. The van der Waals surface area contributed by atoms with Gasteiger partial charge in [0.05, 0.1) is 18.3 Å². The van der Waals surface area contributed by atoms with Gasteiger partial charge in [-0.2, -0.15) is 0 Å². The molecule has 0 saturated heterocycles. The number of nitrogens with one attached hydrogen (secondary N) is 1. The molecule has 102 valence electrons. The Balaban J connectivity index is 2.16. The Morgan fingerprint density at radius 3 is 2.53 bits per heavy atom. The molecular weight excluding hydrogens is 214 g/mol. The molecule has 0 aromatic heterocycles. The number of hydrogen-bond acceptors (Lipinski definition) is 3. The summed E-state index contributed by atoms with van der Waals surface area (Å²) in [7, 11) is 0. The summed E-state index contributed by atoms with van der Waals surface area (Å²) in [6.45, 7) is 9.39. The van der Waals surface area contributed by atoms with E-state index < -0.39 is 6.10 Å². The second-order valence-corrected chi connectivity index (χ2v) is 6.35. The normalized spacial score (nSPS) is 28.1. The molecular formula is C14H29NO2. The third-order valence-electron chi connectivity index (χ3n) is 3.44. The fraction of sp³-hybridized carbons (Fsp3) is 1.00. The molecule has 17 heavy (non-hydrogen) atoms. The molecule has 0 spiro atoms. The third-order valence-corrected chi connectivity index (χ3v) is 3.44. The highest BCUT2D eigenvalue weighted by Crippen LogP contribution is 2.23. The van der Waals surface area contributed by atoms with E-state index in [-0.39, 0.29) is 5.60 Å². The van der Waals surface area contributed by atoms with Gasteiger partial charge in [-0.1, -0.05) is 19.8 Å². The lowest BCUT2D eigenvalue weighted by molar-refractivity contribution is -0.0488. The third kappa shape index (κ3) is 6.39. The van der Waals surface area contributed by atoms with Crippen molar-refractivity contribution in [3.8, 4) is 0 Å². The smallest absolute Gasteiger partial charge is 0.0898 e. The maximum absolute atomic E-state index is 9.84. The van der Waals surface area contributed by atoms with E-state index in [0.717, 1.165) is 5.92 Å². The van der Waals surface area contributed by atoms with E-state index >= 15 is 0 Å². The molecule has 1 fully saturated rings. The fourth-order valence-corrected chi connectivity index (χ4v) is 2.31. The van der Waals surface area contributed by atoms with Crippen molar-refractivity contribution >= 4 is 0 Å². The van der Waals surface area contributed by atoms with E-state index in [1.54, 1.807) is 0 Å². The molecule has 0 heterocycles. The highest BCUT2D eigenvalue weighted by molar-refractivity contribution is 4.79. The van der Waals surface area contributed by atoms with Gasteiger partial charge in [0.15, 0.2) is 0 Å². The van der Waals surface area contributed by atoms with Crippen LogP contribution in [0.2, 0.25) is 0 Å². The topological polar surface area (TPSA) is 41.5 Å². The van der Waals surface area contributed by atoms with Gasteiger partial charge in [-0.25, -0.2) is 0 Å². The Morgan fingerprint density at radius 1 is 1.29 bits per heavy atom. The molecule has 1 rings (SSSR count). The van der Waals surface area contributed by atoms with E-state index in [9.17, 15) is 5.11 Å². The minimum Gasteiger partial charge on any atom is -0.389 e. The summed E-state index contributed by atoms with van der Waals surface area (Å²) in [5.41, 5.74) is -0.168. The zero-order valence-corrected chi connectivity index (χ0v) is 11.8. The summed E-state index contributed by atoms with van der Waals surface area (Å²) in [5, 5.41) is 13.3. The summed E-state index contributed by atoms with van der Waals surface area (Å²) in [6, 6.07) is 0.577. The average molecular weight is 243 g/mol. The summed E-state index contributed by atoms with van der Waals surface area (Å²) in [5.74, 6) is 0.736. The van der Waals surface area contributed by atoms with Crippen LogP contribution in [0, 0.1) is 5.92 Å². The number of hydrogen-bond donors (Lipinski definition) is 2. The van der Waals surface area contributed by atoms with Crippen molar-refractivity contribution in [2.75, 3.05) is 13.2 Å². The van der Waals surface area contributed by atoms with Crippen LogP contribution in [0.1, 0.15) is 53.4 Å². The quantitative estimate of drug-likeness (QED) is 0.778. The molecule has 1 aliphatic carbocycles. The van der Waals surface area contributed by atoms with Gasteiger partial charge in [0.25, 0.3) is 0 Å². The summed E-state index contributed by atoms with van der Waals surface area (Å²) < 4.78 is 5.57. The van der Waals surface area contributed by atoms with E-state index in [1.165, 1.54) is 25.7 Å². The average Bonchev–Trinajstić information content (AvgIpc) is 2.24. The van der Waals surface area contributed by atoms with Crippen LogP contribution in [0.4, 0.5) is 0 Å². The predicted octanol–water partition coefficient (Wildman–Crippen LogP) is 2.33. The molecule has 0 aromatic rings. The highest BCUT2D eigenvalue weighted by Gasteiger charge is 2.21. The molecule has 1 saturated carbocycles. The molecule has 3 atom stereocenters. The summed E-state index contributed by atoms with van der Waals surface area (Å²) >= 11 is 0. The first-order valence-electron chi connectivity index (χ1n) is 6.94. The van der Waals surface area contributed by atoms with Crippen LogP contribution in [-0.4, -0.2) is 36.0 Å². The number of aliphatic hydroxyl groups is 1. The number of rotatable bonds is 5. The SMILES string of the molecule is CC1CCCCC1NCC(O)COC(C)(C)C. The second-order valence-electron chi connectivity index (χ2n) is 6.35. The lowest BCUT2D eigenvalue weighted by Crippen LogP contribution is -2.43. The molecule has 3 nitrogen and oxygen atoms in total. The Bertz CT molecular complexity index is 213. The van der Waals surface area contributed by atoms with Gasteiger partial charge in [-0.3, -0.25) is 0 Å². The van der Waals surface area contributed by atoms with Crippen LogP contribution < -0.4 is 5.32 Å². The minimum absolute atomic E-state index is 0.168. The molecule has 0 amide bonds. The lowest BCUT2D eigenvalue weighted by atomic mass is 9.86. The summed E-state index contributed by atoms with van der Waals surface area (Å²) in [4.78, 5) is 0. The molecule has 0 aromatic carbocycles. The van der Waals surface area contributed by atoms with Gasteiger partial charge in [0, 0.05) is 12.6 Å². The van der Waals surface area contributed by atoms with Crippen LogP contribution in [-0.2, 0) is 4.74 Å². The molecule has 2 N–H and O–H groups in total. The van der Waals surface area contributed by atoms with Crippen LogP contribution in [0.3, 0.4) is 0 Å². The van der Waals surface area contributed by atoms with Crippen LogP contribution in [0.5, 0.6) is 0 Å². The van der Waals surface area contributed by atoms with Crippen molar-refractivity contribution in [2.45, 2.75) is 71.1 Å². The van der Waals surface area contributed by atoms with Gasteiger partial charge in [0.2, 0.25) is 0 Å². The Labute approximate surface area is 106 Å². The maximum Gasteiger partial charge on any atom is 0.0898 e. The zero-order valence-electron chi connectivity index (χ0n) is 11.8. The lowest BCUT2D eigenvalue weighted by Gasteiger charge is -2.31. The standard InChI is InChI=1S/C14H29NO2/c1-11-7-5-6-8-13(11)15-9-12(16)10-17-14(2,3)4/h11-13,15-16H,5-10H2,1-4H3. The van der Waals surface area contributed by atoms with Crippen LogP contribution in [0.15, 0.2) is 0 Å². The van der Waals surface area contributed by atoms with Crippen molar-refractivity contribution in [3.63, 3.8) is 0 Å². The largest absolute Gasteiger partial charge is 0.389 e. The molecule has 0 bridgehead atoms. The van der Waals surface area contributed by atoms with Crippen LogP contribution >= 0.6 is 0 Å². The first-order valence-corrected chi connectivity index (χ1v) is 6.94. The van der Waals surface area contributed by atoms with Gasteiger partial charge in [0.1, 0.15) is 0 Å². The predicted molar refractivity (Wildman–Crippen MR) is 71.1 cm³/mol. The van der Waals surface area contributed by atoms with Crippen molar-refractivity contribution < 1.29 is 9.84 Å². The first kappa shape index (κ1) is 14.9. The van der Waals surface area contributed by atoms with Crippen molar-refractivity contribution in [2.24, 2.45) is 5.92 Å². The molecule has 0 radical (unpaired) electrons. The molecule has 1 aliphatic rings. The fourth-order valence-electron chi connectivity index (χ4n) is 2.31. The zero-order chi connectivity index (χ0) is 12.9.